The van der Waals surface area contributed by atoms with Gasteiger partial charge in [0, 0.05) is 31.5 Å². The molecule has 0 aliphatic carbocycles. The highest BCUT2D eigenvalue weighted by Crippen LogP contribution is 2.23. The second-order valence-electron chi connectivity index (χ2n) is 4.45. The van der Waals surface area contributed by atoms with Crippen molar-refractivity contribution in [3.63, 3.8) is 0 Å². The molecule has 1 aromatic rings. The van der Waals surface area contributed by atoms with Crippen LogP contribution in [0, 0.1) is 0 Å². The SMILES string of the molecule is O=S1(=O)C[C@@H]2[C@@H](C1)NCCN2c1ncccn1. The molecule has 3 heterocycles. The van der Waals surface area contributed by atoms with Crippen LogP contribution < -0.4 is 10.2 Å². The third-order valence-corrected chi connectivity index (χ3v) is 5.01. The molecular weight excluding hydrogens is 240 g/mol. The minimum Gasteiger partial charge on any atom is -0.334 e. The molecule has 6 nitrogen and oxygen atoms in total. The molecule has 0 unspecified atom stereocenters. The molecule has 2 aliphatic rings. The lowest BCUT2D eigenvalue weighted by atomic mass is 10.1. The molecule has 7 heteroatoms. The smallest absolute Gasteiger partial charge is 0.225 e. The van der Waals surface area contributed by atoms with Crippen molar-refractivity contribution in [1.82, 2.24) is 15.3 Å². The van der Waals surface area contributed by atoms with Gasteiger partial charge >= 0.3 is 0 Å². The number of hydrogen-bond donors (Lipinski definition) is 1. The minimum atomic E-state index is -2.93. The van der Waals surface area contributed by atoms with Gasteiger partial charge in [-0.25, -0.2) is 18.4 Å². The third-order valence-electron chi connectivity index (χ3n) is 3.29. The van der Waals surface area contributed by atoms with Gasteiger partial charge in [-0.1, -0.05) is 0 Å². The van der Waals surface area contributed by atoms with Crippen molar-refractivity contribution < 1.29 is 8.42 Å². The number of hydrogen-bond acceptors (Lipinski definition) is 6. The van der Waals surface area contributed by atoms with E-state index >= 15 is 0 Å². The summed E-state index contributed by atoms with van der Waals surface area (Å²) in [4.78, 5) is 10.4. The molecule has 0 saturated carbocycles. The van der Waals surface area contributed by atoms with Gasteiger partial charge in [-0.05, 0) is 6.07 Å². The van der Waals surface area contributed by atoms with Crippen LogP contribution in [0.2, 0.25) is 0 Å². The normalized spacial score (nSPS) is 31.2. The van der Waals surface area contributed by atoms with E-state index in [0.717, 1.165) is 13.1 Å². The van der Waals surface area contributed by atoms with Crippen molar-refractivity contribution >= 4 is 15.8 Å². The van der Waals surface area contributed by atoms with Crippen LogP contribution in [0.3, 0.4) is 0 Å². The fraction of sp³-hybridized carbons (Fsp3) is 0.600. The van der Waals surface area contributed by atoms with Gasteiger partial charge in [-0.2, -0.15) is 0 Å². The van der Waals surface area contributed by atoms with E-state index in [0.29, 0.717) is 5.95 Å². The van der Waals surface area contributed by atoms with Gasteiger partial charge in [-0.15, -0.1) is 0 Å². The standard InChI is InChI=1S/C10H14N4O2S/c15-17(16)6-8-9(7-17)14(5-4-11-8)10-12-2-1-3-13-10/h1-3,8-9,11H,4-7H2/t8-,9-/m1/s1. The summed E-state index contributed by atoms with van der Waals surface area (Å²) in [6.07, 6.45) is 3.37. The molecule has 0 amide bonds. The number of nitrogens with zero attached hydrogens (tertiary/aromatic N) is 3. The Bertz CT molecular complexity index is 504. The van der Waals surface area contributed by atoms with E-state index in [1.165, 1.54) is 0 Å². The van der Waals surface area contributed by atoms with Crippen molar-refractivity contribution in [3.05, 3.63) is 18.5 Å². The van der Waals surface area contributed by atoms with Crippen LogP contribution >= 0.6 is 0 Å². The summed E-state index contributed by atoms with van der Waals surface area (Å²) in [7, 11) is -2.93. The van der Waals surface area contributed by atoms with Crippen molar-refractivity contribution in [1.29, 1.82) is 0 Å². The highest BCUT2D eigenvalue weighted by atomic mass is 32.2. The predicted molar refractivity (Wildman–Crippen MR) is 63.6 cm³/mol. The highest BCUT2D eigenvalue weighted by molar-refractivity contribution is 7.91. The van der Waals surface area contributed by atoms with Gasteiger partial charge in [0.1, 0.15) is 0 Å². The van der Waals surface area contributed by atoms with E-state index in [1.807, 2.05) is 4.90 Å². The van der Waals surface area contributed by atoms with Crippen molar-refractivity contribution in [2.75, 3.05) is 29.5 Å². The summed E-state index contributed by atoms with van der Waals surface area (Å²) in [6.45, 7) is 1.52. The van der Waals surface area contributed by atoms with E-state index in [-0.39, 0.29) is 23.6 Å². The lowest BCUT2D eigenvalue weighted by Crippen LogP contribution is -2.58. The maximum atomic E-state index is 11.7. The molecular formula is C10H14N4O2S. The zero-order chi connectivity index (χ0) is 11.9. The van der Waals surface area contributed by atoms with Crippen LogP contribution in [0.25, 0.3) is 0 Å². The zero-order valence-corrected chi connectivity index (χ0v) is 10.1. The molecule has 0 bridgehead atoms. The summed E-state index contributed by atoms with van der Waals surface area (Å²) in [5.74, 6) is 1.05. The molecule has 2 fully saturated rings. The van der Waals surface area contributed by atoms with Gasteiger partial charge in [0.25, 0.3) is 0 Å². The number of sulfone groups is 1. The molecule has 3 rings (SSSR count). The lowest BCUT2D eigenvalue weighted by Gasteiger charge is -2.37. The fourth-order valence-electron chi connectivity index (χ4n) is 2.56. The maximum Gasteiger partial charge on any atom is 0.225 e. The summed E-state index contributed by atoms with van der Waals surface area (Å²) in [5.41, 5.74) is 0. The zero-order valence-electron chi connectivity index (χ0n) is 9.28. The second kappa shape index (κ2) is 3.92. The van der Waals surface area contributed by atoms with Gasteiger partial charge in [0.2, 0.25) is 5.95 Å². The molecule has 0 spiro atoms. The van der Waals surface area contributed by atoms with Crippen LogP contribution in [0.4, 0.5) is 5.95 Å². The highest BCUT2D eigenvalue weighted by Gasteiger charge is 2.43. The first-order valence-electron chi connectivity index (χ1n) is 5.63. The Balaban J connectivity index is 1.91. The van der Waals surface area contributed by atoms with Crippen LogP contribution in [-0.2, 0) is 9.84 Å². The molecule has 2 saturated heterocycles. The quantitative estimate of drug-likeness (QED) is 0.696. The first-order chi connectivity index (χ1) is 8.16. The Morgan fingerprint density at radius 1 is 1.29 bits per heavy atom. The molecule has 2 aliphatic heterocycles. The summed E-state index contributed by atoms with van der Waals surface area (Å²) in [6, 6.07) is 1.74. The van der Waals surface area contributed by atoms with E-state index < -0.39 is 9.84 Å². The van der Waals surface area contributed by atoms with Crippen LogP contribution in [0.1, 0.15) is 0 Å². The number of anilines is 1. The largest absolute Gasteiger partial charge is 0.334 e. The number of piperazine rings is 1. The summed E-state index contributed by atoms with van der Waals surface area (Å²) >= 11 is 0. The number of nitrogens with one attached hydrogen (secondary N) is 1. The van der Waals surface area contributed by atoms with E-state index in [9.17, 15) is 8.42 Å². The van der Waals surface area contributed by atoms with Gasteiger partial charge < -0.3 is 10.2 Å². The molecule has 1 aromatic heterocycles. The Hall–Kier alpha value is -1.21. The Morgan fingerprint density at radius 2 is 2.06 bits per heavy atom. The molecule has 0 radical (unpaired) electrons. The van der Waals surface area contributed by atoms with Crippen LogP contribution in [-0.4, -0.2) is 55.1 Å². The van der Waals surface area contributed by atoms with Crippen molar-refractivity contribution in [2.45, 2.75) is 12.1 Å². The summed E-state index contributed by atoms with van der Waals surface area (Å²) in [5, 5.41) is 3.26. The Kier molecular flexibility index (Phi) is 2.52. The Morgan fingerprint density at radius 3 is 2.82 bits per heavy atom. The molecule has 2 atom stereocenters. The predicted octanol–water partition coefficient (Wildman–Crippen LogP) is -0.948. The molecule has 1 N–H and O–H groups in total. The number of rotatable bonds is 1. The van der Waals surface area contributed by atoms with E-state index in [2.05, 4.69) is 15.3 Å². The van der Waals surface area contributed by atoms with E-state index in [4.69, 9.17) is 0 Å². The fourth-order valence-corrected chi connectivity index (χ4v) is 4.51. The lowest BCUT2D eigenvalue weighted by molar-refractivity contribution is 0.420. The minimum absolute atomic E-state index is 0.0116. The monoisotopic (exact) mass is 254 g/mol. The van der Waals surface area contributed by atoms with Crippen molar-refractivity contribution in [3.8, 4) is 0 Å². The topological polar surface area (TPSA) is 75.2 Å². The van der Waals surface area contributed by atoms with Crippen LogP contribution in [0.5, 0.6) is 0 Å². The van der Waals surface area contributed by atoms with Crippen LogP contribution in [0.15, 0.2) is 18.5 Å². The number of aromatic nitrogens is 2. The van der Waals surface area contributed by atoms with Gasteiger partial charge in [0.15, 0.2) is 9.84 Å². The molecule has 0 aromatic carbocycles. The van der Waals surface area contributed by atoms with E-state index in [1.54, 1.807) is 18.5 Å². The third kappa shape index (κ3) is 2.00. The van der Waals surface area contributed by atoms with Gasteiger partial charge in [-0.3, -0.25) is 0 Å². The van der Waals surface area contributed by atoms with Crippen molar-refractivity contribution in [2.24, 2.45) is 0 Å². The Labute approximate surface area is 100.0 Å². The molecule has 17 heavy (non-hydrogen) atoms. The maximum absolute atomic E-state index is 11.7. The second-order valence-corrected chi connectivity index (χ2v) is 6.60. The first kappa shape index (κ1) is 10.9. The average molecular weight is 254 g/mol. The number of fused-ring (bicyclic) bond motifs is 1. The summed E-state index contributed by atoms with van der Waals surface area (Å²) < 4.78 is 23.3. The average Bonchev–Trinajstić information content (AvgIpc) is 2.63. The molecule has 92 valence electrons. The van der Waals surface area contributed by atoms with Gasteiger partial charge in [0.05, 0.1) is 17.5 Å². The first-order valence-corrected chi connectivity index (χ1v) is 7.45.